The molecule has 8 heavy (non-hydrogen) atoms. The molecule has 0 aromatic heterocycles. The van der Waals surface area contributed by atoms with Crippen LogP contribution < -0.4 is 0 Å². The van der Waals surface area contributed by atoms with Crippen LogP contribution in [0.15, 0.2) is 0 Å². The molecule has 0 nitrogen and oxygen atoms in total. The van der Waals surface area contributed by atoms with Gasteiger partial charge in [-0.2, -0.15) is 0 Å². The van der Waals surface area contributed by atoms with Crippen LogP contribution in [-0.2, 0) is 0 Å². The standard InChI is InChI=1S/Cl5P.2ClH/c1-6(2,3,4)5;;/h;2*1H. The van der Waals surface area contributed by atoms with Crippen molar-refractivity contribution in [2.45, 2.75) is 0 Å². The molecule has 0 spiro atoms. The van der Waals surface area contributed by atoms with E-state index in [-0.39, 0.29) is 24.8 Å². The Kier molecular flexibility index (Phi) is 9.17. The van der Waals surface area contributed by atoms with Gasteiger partial charge in [0.2, 0.25) is 0 Å². The topological polar surface area (TPSA) is 0 Å². The molecule has 0 radical (unpaired) electrons. The van der Waals surface area contributed by atoms with E-state index in [1.165, 1.54) is 0 Å². The third-order valence-corrected chi connectivity index (χ3v) is 0. The van der Waals surface area contributed by atoms with Gasteiger partial charge in [-0.3, -0.25) is 0 Å². The van der Waals surface area contributed by atoms with Crippen molar-refractivity contribution in [3.05, 3.63) is 0 Å². The second kappa shape index (κ2) is 4.36. The summed E-state index contributed by atoms with van der Waals surface area (Å²) in [5, 5.41) is 0. The van der Waals surface area contributed by atoms with Gasteiger partial charge in [0.25, 0.3) is 0 Å². The molecule has 0 fully saturated rings. The van der Waals surface area contributed by atoms with Gasteiger partial charge >= 0.3 is 59.6 Å². The zero-order chi connectivity index (χ0) is 5.45. The first-order valence-electron chi connectivity index (χ1n) is 0.845. The van der Waals surface area contributed by atoms with Crippen LogP contribution in [0.5, 0.6) is 0 Å². The van der Waals surface area contributed by atoms with Gasteiger partial charge in [0.1, 0.15) is 0 Å². The van der Waals surface area contributed by atoms with Crippen LogP contribution in [0.4, 0.5) is 0 Å². The molecular formula is H2Cl7P. The molecule has 0 aliphatic rings. The first kappa shape index (κ1) is 16.8. The Hall–Kier alpha value is 2.46. The van der Waals surface area contributed by atoms with Crippen LogP contribution in [0.2, 0.25) is 0 Å². The quantitative estimate of drug-likeness (QED) is 0.538. The summed E-state index contributed by atoms with van der Waals surface area (Å²) in [7, 11) is 0. The molecule has 0 aromatic carbocycles. The van der Waals surface area contributed by atoms with Crippen LogP contribution in [-0.4, -0.2) is 0 Å². The number of hydrogen-bond donors (Lipinski definition) is 0. The second-order valence-corrected chi connectivity index (χ2v) is 17.2. The van der Waals surface area contributed by atoms with E-state index in [0.29, 0.717) is 0 Å². The van der Waals surface area contributed by atoms with Crippen molar-refractivity contribution >= 4 is 84.4 Å². The average Bonchev–Trinajstić information content (AvgIpc) is 0.650. The van der Waals surface area contributed by atoms with Gasteiger partial charge in [0.05, 0.1) is 0 Å². The average molecular weight is 281 g/mol. The van der Waals surface area contributed by atoms with Crippen molar-refractivity contribution in [2.75, 3.05) is 0 Å². The summed E-state index contributed by atoms with van der Waals surface area (Å²) in [6, 6.07) is 0. The summed E-state index contributed by atoms with van der Waals surface area (Å²) in [4.78, 5) is 0. The van der Waals surface area contributed by atoms with E-state index in [9.17, 15) is 0 Å². The third kappa shape index (κ3) is 77.8. The predicted molar refractivity (Wildman–Crippen MR) is 50.7 cm³/mol. The van der Waals surface area contributed by atoms with E-state index in [1.54, 1.807) is 0 Å². The zero-order valence-electron chi connectivity index (χ0n) is 3.15. The molecule has 0 bridgehead atoms. The SMILES string of the molecule is Cl.Cl.ClP(Cl)(Cl)(Cl)Cl. The Bertz CT molecular complexity index is 37.6. The summed E-state index contributed by atoms with van der Waals surface area (Å²) in [5.41, 5.74) is 0. The molecule has 0 heterocycles. The fourth-order valence-electron chi connectivity index (χ4n) is 0. The Labute approximate surface area is 83.8 Å². The molecule has 8 heteroatoms. The van der Waals surface area contributed by atoms with E-state index >= 15 is 0 Å². The van der Waals surface area contributed by atoms with E-state index in [2.05, 4.69) is 0 Å². The van der Waals surface area contributed by atoms with Gasteiger partial charge in [-0.1, -0.05) is 0 Å². The van der Waals surface area contributed by atoms with Crippen LogP contribution in [0.1, 0.15) is 0 Å². The molecule has 0 aliphatic heterocycles. The minimum absolute atomic E-state index is 0. The Morgan fingerprint density at radius 3 is 0.625 bits per heavy atom. The van der Waals surface area contributed by atoms with E-state index in [1.807, 2.05) is 0 Å². The summed E-state index contributed by atoms with van der Waals surface area (Å²) in [6.45, 7) is 0. The summed E-state index contributed by atoms with van der Waals surface area (Å²) < 4.78 is -3.69. The minimum atomic E-state index is -3.69. The summed E-state index contributed by atoms with van der Waals surface area (Å²) in [6.07, 6.45) is 0. The van der Waals surface area contributed by atoms with Crippen LogP contribution in [0.25, 0.3) is 0 Å². The fourth-order valence-corrected chi connectivity index (χ4v) is 0. The Morgan fingerprint density at radius 2 is 0.625 bits per heavy atom. The molecule has 56 valence electrons. The first-order valence-corrected chi connectivity index (χ1v) is 7.61. The monoisotopic (exact) mass is 278 g/mol. The van der Waals surface area contributed by atoms with E-state index in [0.717, 1.165) is 0 Å². The van der Waals surface area contributed by atoms with Gasteiger partial charge in [-0.15, -0.1) is 24.8 Å². The van der Waals surface area contributed by atoms with Crippen LogP contribution in [0.3, 0.4) is 0 Å². The molecular weight excluding hydrogens is 279 g/mol. The number of halogens is 7. The molecule has 0 N–H and O–H groups in total. The van der Waals surface area contributed by atoms with Crippen LogP contribution in [0, 0.1) is 0 Å². The van der Waals surface area contributed by atoms with Gasteiger partial charge in [-0.05, 0) is 0 Å². The van der Waals surface area contributed by atoms with Crippen molar-refractivity contribution in [1.29, 1.82) is 0 Å². The molecule has 0 rings (SSSR count). The normalized spacial score (nSPS) is 14.4. The van der Waals surface area contributed by atoms with Crippen LogP contribution >= 0.6 is 84.4 Å². The first-order chi connectivity index (χ1) is 2.24. The van der Waals surface area contributed by atoms with Crippen molar-refractivity contribution < 1.29 is 0 Å². The number of hydrogen-bond acceptors (Lipinski definition) is 0. The second-order valence-electron chi connectivity index (χ2n) is 0.639. The zero-order valence-corrected chi connectivity index (χ0v) is 9.46. The maximum absolute atomic E-state index is 4.98. The van der Waals surface area contributed by atoms with Crippen molar-refractivity contribution in [1.82, 2.24) is 0 Å². The molecule has 0 saturated heterocycles. The van der Waals surface area contributed by atoms with Crippen molar-refractivity contribution in [2.24, 2.45) is 0 Å². The summed E-state index contributed by atoms with van der Waals surface area (Å²) in [5.74, 6) is 0. The van der Waals surface area contributed by atoms with Gasteiger partial charge in [0.15, 0.2) is 0 Å². The Morgan fingerprint density at radius 1 is 0.625 bits per heavy atom. The summed E-state index contributed by atoms with van der Waals surface area (Å²) >= 11 is 24.9. The third-order valence-electron chi connectivity index (χ3n) is 0. The predicted octanol–water partition coefficient (Wildman–Crippen LogP) is 5.15. The van der Waals surface area contributed by atoms with Crippen molar-refractivity contribution in [3.63, 3.8) is 0 Å². The van der Waals surface area contributed by atoms with Crippen molar-refractivity contribution in [3.8, 4) is 0 Å². The molecule has 0 atom stereocenters. The molecule has 0 amide bonds. The number of rotatable bonds is 0. The molecule has 0 saturated carbocycles. The van der Waals surface area contributed by atoms with E-state index < -0.39 is 3.37 Å². The van der Waals surface area contributed by atoms with E-state index in [4.69, 9.17) is 56.2 Å². The van der Waals surface area contributed by atoms with Gasteiger partial charge in [0, 0.05) is 0 Å². The molecule has 0 unspecified atom stereocenters. The maximum atomic E-state index is 4.98. The van der Waals surface area contributed by atoms with Gasteiger partial charge < -0.3 is 0 Å². The Balaban J connectivity index is -0.000000125. The fraction of sp³-hybridized carbons (Fsp3) is 0. The van der Waals surface area contributed by atoms with Gasteiger partial charge in [-0.25, -0.2) is 0 Å². The molecule has 0 aromatic rings. The molecule has 0 aliphatic carbocycles.